The molecule has 1 heterocycles. The van der Waals surface area contributed by atoms with E-state index in [9.17, 15) is 14.9 Å². The molecule has 9 heteroatoms. The molecule has 0 unspecified atom stereocenters. The quantitative estimate of drug-likeness (QED) is 0.467. The van der Waals surface area contributed by atoms with Crippen molar-refractivity contribution in [1.82, 2.24) is 10.4 Å². The van der Waals surface area contributed by atoms with E-state index in [0.717, 1.165) is 0 Å². The molecule has 1 N–H and O–H groups in total. The maximum absolute atomic E-state index is 11.9. The second-order valence-corrected chi connectivity index (χ2v) is 4.70. The molecule has 0 saturated heterocycles. The lowest BCUT2D eigenvalue weighted by atomic mass is 10.2. The number of hydrogen-bond acceptors (Lipinski definition) is 7. The van der Waals surface area contributed by atoms with Crippen molar-refractivity contribution in [3.05, 3.63) is 57.9 Å². The number of nitrogens with zero attached hydrogens (tertiary/aromatic N) is 3. The SMILES string of the molecule is CCOc1cc(/C=N\NC(=O)c2ccncc2)cc([N+](=O)[O-])c1OC. The number of pyridine rings is 1. The van der Waals surface area contributed by atoms with Crippen molar-refractivity contribution in [1.29, 1.82) is 0 Å². The molecule has 9 nitrogen and oxygen atoms in total. The highest BCUT2D eigenvalue weighted by molar-refractivity contribution is 5.94. The van der Waals surface area contributed by atoms with Gasteiger partial charge in [-0.25, -0.2) is 5.43 Å². The highest BCUT2D eigenvalue weighted by atomic mass is 16.6. The molecular formula is C16H16N4O5. The highest BCUT2D eigenvalue weighted by Crippen LogP contribution is 2.37. The molecule has 0 radical (unpaired) electrons. The van der Waals surface area contributed by atoms with Crippen LogP contribution in [0, 0.1) is 10.1 Å². The minimum absolute atomic E-state index is 0.0322. The largest absolute Gasteiger partial charge is 0.490 e. The molecule has 0 bridgehead atoms. The third-order valence-electron chi connectivity index (χ3n) is 3.08. The summed E-state index contributed by atoms with van der Waals surface area (Å²) in [6.45, 7) is 2.06. The van der Waals surface area contributed by atoms with E-state index in [0.29, 0.717) is 17.7 Å². The average Bonchev–Trinajstić information content (AvgIpc) is 2.62. The van der Waals surface area contributed by atoms with Gasteiger partial charge in [0.25, 0.3) is 5.91 Å². The van der Waals surface area contributed by atoms with Crippen LogP contribution in [0.3, 0.4) is 0 Å². The molecule has 0 aliphatic heterocycles. The Morgan fingerprint density at radius 1 is 1.40 bits per heavy atom. The normalized spacial score (nSPS) is 10.5. The number of amides is 1. The summed E-state index contributed by atoms with van der Waals surface area (Å²) in [6.07, 6.45) is 4.26. The lowest BCUT2D eigenvalue weighted by molar-refractivity contribution is -0.385. The topological polar surface area (TPSA) is 116 Å². The van der Waals surface area contributed by atoms with Crippen molar-refractivity contribution in [2.24, 2.45) is 5.10 Å². The number of aromatic nitrogens is 1. The lowest BCUT2D eigenvalue weighted by Gasteiger charge is -2.10. The Balaban J connectivity index is 2.23. The first kappa shape index (κ1) is 17.9. The maximum atomic E-state index is 11.9. The molecular weight excluding hydrogens is 328 g/mol. The summed E-state index contributed by atoms with van der Waals surface area (Å²) in [5.74, 6) is -0.169. The number of hydrazone groups is 1. The number of nitro groups is 1. The average molecular weight is 344 g/mol. The molecule has 2 rings (SSSR count). The van der Waals surface area contributed by atoms with Gasteiger partial charge in [-0.05, 0) is 25.1 Å². The Morgan fingerprint density at radius 2 is 2.12 bits per heavy atom. The predicted octanol–water partition coefficient (Wildman–Crippen LogP) is 2.16. The molecule has 25 heavy (non-hydrogen) atoms. The molecule has 0 fully saturated rings. The molecule has 1 aromatic heterocycles. The van der Waals surface area contributed by atoms with Gasteiger partial charge >= 0.3 is 5.69 Å². The zero-order chi connectivity index (χ0) is 18.2. The van der Waals surface area contributed by atoms with E-state index in [-0.39, 0.29) is 17.2 Å². The number of nitro benzene ring substituents is 1. The summed E-state index contributed by atoms with van der Waals surface area (Å²) in [5.41, 5.74) is 2.85. The predicted molar refractivity (Wildman–Crippen MR) is 90.1 cm³/mol. The number of hydrogen-bond donors (Lipinski definition) is 1. The van der Waals surface area contributed by atoms with Gasteiger partial charge in [-0.3, -0.25) is 19.9 Å². The zero-order valence-electron chi connectivity index (χ0n) is 13.6. The third-order valence-corrected chi connectivity index (χ3v) is 3.08. The van der Waals surface area contributed by atoms with Crippen molar-refractivity contribution < 1.29 is 19.2 Å². The first-order valence-electron chi connectivity index (χ1n) is 7.29. The van der Waals surface area contributed by atoms with Crippen LogP contribution in [-0.2, 0) is 0 Å². The molecule has 0 saturated carbocycles. The number of benzene rings is 1. The Morgan fingerprint density at radius 3 is 2.72 bits per heavy atom. The van der Waals surface area contributed by atoms with Gasteiger partial charge in [0.05, 0.1) is 24.9 Å². The monoisotopic (exact) mass is 344 g/mol. The summed E-state index contributed by atoms with van der Waals surface area (Å²) in [6, 6.07) is 5.90. The van der Waals surface area contributed by atoms with Crippen LogP contribution >= 0.6 is 0 Å². The van der Waals surface area contributed by atoms with Crippen molar-refractivity contribution in [3.8, 4) is 11.5 Å². The minimum Gasteiger partial charge on any atom is -0.490 e. The number of carbonyl (C=O) groups is 1. The fourth-order valence-electron chi connectivity index (χ4n) is 2.02. The van der Waals surface area contributed by atoms with Crippen LogP contribution < -0.4 is 14.9 Å². The van der Waals surface area contributed by atoms with Crippen molar-refractivity contribution in [3.63, 3.8) is 0 Å². The molecule has 0 atom stereocenters. The van der Waals surface area contributed by atoms with Gasteiger partial charge in [-0.1, -0.05) is 0 Å². The molecule has 0 aliphatic rings. The number of ether oxygens (including phenoxy) is 2. The van der Waals surface area contributed by atoms with E-state index in [2.05, 4.69) is 15.5 Å². The summed E-state index contributed by atoms with van der Waals surface area (Å²) in [5, 5.41) is 15.0. The lowest BCUT2D eigenvalue weighted by Crippen LogP contribution is -2.17. The Kier molecular flexibility index (Phi) is 5.99. The van der Waals surface area contributed by atoms with E-state index in [1.54, 1.807) is 6.92 Å². The molecule has 1 amide bonds. The first-order chi connectivity index (χ1) is 12.1. The van der Waals surface area contributed by atoms with Crippen LogP contribution in [0.25, 0.3) is 0 Å². The van der Waals surface area contributed by atoms with Gasteiger partial charge in [0.1, 0.15) is 0 Å². The first-order valence-corrected chi connectivity index (χ1v) is 7.29. The standard InChI is InChI=1S/C16H16N4O5/c1-3-25-14-9-11(8-13(20(22)23)15(14)24-2)10-18-19-16(21)12-4-6-17-7-5-12/h4-10H,3H2,1-2H3,(H,19,21)/b18-10-. The molecule has 130 valence electrons. The third kappa shape index (κ3) is 4.50. The highest BCUT2D eigenvalue weighted by Gasteiger charge is 2.21. The van der Waals surface area contributed by atoms with Crippen LogP contribution in [0.2, 0.25) is 0 Å². The minimum atomic E-state index is -0.575. The van der Waals surface area contributed by atoms with Gasteiger partial charge in [-0.15, -0.1) is 0 Å². The van der Waals surface area contributed by atoms with Gasteiger partial charge in [0.15, 0.2) is 5.75 Å². The number of nitrogens with one attached hydrogen (secondary N) is 1. The van der Waals surface area contributed by atoms with E-state index >= 15 is 0 Å². The van der Waals surface area contributed by atoms with Gasteiger partial charge < -0.3 is 9.47 Å². The summed E-state index contributed by atoms with van der Waals surface area (Å²) in [4.78, 5) is 26.3. The van der Waals surface area contributed by atoms with Crippen molar-refractivity contribution in [2.75, 3.05) is 13.7 Å². The Bertz CT molecular complexity index is 793. The fraction of sp³-hybridized carbons (Fsp3) is 0.188. The van der Waals surface area contributed by atoms with Crippen molar-refractivity contribution in [2.45, 2.75) is 6.92 Å². The molecule has 2 aromatic rings. The summed E-state index contributed by atoms with van der Waals surface area (Å²) in [7, 11) is 1.33. The van der Waals surface area contributed by atoms with Crippen LogP contribution in [0.5, 0.6) is 11.5 Å². The van der Waals surface area contributed by atoms with Gasteiger partial charge in [0, 0.05) is 29.6 Å². The van der Waals surface area contributed by atoms with Crippen LogP contribution in [0.4, 0.5) is 5.69 Å². The van der Waals surface area contributed by atoms with E-state index in [1.807, 2.05) is 0 Å². The smallest absolute Gasteiger partial charge is 0.315 e. The number of carbonyl (C=O) groups excluding carboxylic acids is 1. The van der Waals surface area contributed by atoms with E-state index in [1.165, 1.54) is 50.0 Å². The fourth-order valence-corrected chi connectivity index (χ4v) is 2.02. The Labute approximate surface area is 143 Å². The van der Waals surface area contributed by atoms with Crippen LogP contribution in [0.15, 0.2) is 41.8 Å². The number of methoxy groups -OCH3 is 1. The van der Waals surface area contributed by atoms with E-state index in [4.69, 9.17) is 9.47 Å². The summed E-state index contributed by atoms with van der Waals surface area (Å²) >= 11 is 0. The van der Waals surface area contributed by atoms with Crippen LogP contribution in [0.1, 0.15) is 22.8 Å². The second-order valence-electron chi connectivity index (χ2n) is 4.70. The van der Waals surface area contributed by atoms with Crippen LogP contribution in [-0.4, -0.2) is 35.7 Å². The molecule has 1 aromatic carbocycles. The van der Waals surface area contributed by atoms with Crippen molar-refractivity contribution >= 4 is 17.8 Å². The number of rotatable bonds is 7. The maximum Gasteiger partial charge on any atom is 0.315 e. The van der Waals surface area contributed by atoms with E-state index < -0.39 is 10.8 Å². The molecule has 0 spiro atoms. The zero-order valence-corrected chi connectivity index (χ0v) is 13.6. The molecule has 0 aliphatic carbocycles. The summed E-state index contributed by atoms with van der Waals surface area (Å²) < 4.78 is 10.4. The van der Waals surface area contributed by atoms with Gasteiger partial charge in [0.2, 0.25) is 5.75 Å². The Hall–Kier alpha value is -3.49. The van der Waals surface area contributed by atoms with Gasteiger partial charge in [-0.2, -0.15) is 5.10 Å². The second kappa shape index (κ2) is 8.39.